The molecule has 0 aliphatic heterocycles. The van der Waals surface area contributed by atoms with Crippen LogP contribution >= 0.6 is 0 Å². The van der Waals surface area contributed by atoms with Gasteiger partial charge in [0.15, 0.2) is 0 Å². The van der Waals surface area contributed by atoms with Gasteiger partial charge in [-0.15, -0.1) is 0 Å². The number of rotatable bonds is 9. The van der Waals surface area contributed by atoms with Crippen LogP contribution in [-0.4, -0.2) is 53.6 Å². The second-order valence-electron chi connectivity index (χ2n) is 4.67. The van der Waals surface area contributed by atoms with Crippen LogP contribution in [0.4, 0.5) is 4.79 Å². The lowest BCUT2D eigenvalue weighted by Gasteiger charge is -2.25. The maximum absolute atomic E-state index is 11.7. The molecule has 0 aromatic carbocycles. The van der Waals surface area contributed by atoms with E-state index in [0.717, 1.165) is 12.8 Å². The summed E-state index contributed by atoms with van der Waals surface area (Å²) in [5.41, 5.74) is 0. The van der Waals surface area contributed by atoms with Gasteiger partial charge in [0, 0.05) is 12.6 Å². The molecular formula is C13H25N3O4. The summed E-state index contributed by atoms with van der Waals surface area (Å²) in [7, 11) is 0. The number of carbonyl (C=O) groups is 3. The Kier molecular flexibility index (Phi) is 9.36. The number of imide groups is 1. The van der Waals surface area contributed by atoms with E-state index in [2.05, 4.69) is 10.6 Å². The Balaban J connectivity index is 4.14. The van der Waals surface area contributed by atoms with Gasteiger partial charge in [0.05, 0.1) is 13.0 Å². The van der Waals surface area contributed by atoms with Gasteiger partial charge in [-0.2, -0.15) is 0 Å². The summed E-state index contributed by atoms with van der Waals surface area (Å²) in [4.78, 5) is 35.4. The summed E-state index contributed by atoms with van der Waals surface area (Å²) in [6, 6.07) is -0.767. The molecule has 0 saturated heterocycles. The van der Waals surface area contributed by atoms with E-state index >= 15 is 0 Å². The van der Waals surface area contributed by atoms with Crippen molar-refractivity contribution in [3.05, 3.63) is 0 Å². The van der Waals surface area contributed by atoms with E-state index in [1.165, 1.54) is 0 Å². The molecule has 0 rings (SSSR count). The minimum Gasteiger partial charge on any atom is -0.481 e. The Hall–Kier alpha value is -1.63. The molecule has 20 heavy (non-hydrogen) atoms. The first-order valence-corrected chi connectivity index (χ1v) is 6.94. The lowest BCUT2D eigenvalue weighted by Crippen LogP contribution is -2.47. The standard InChI is InChI=1S/C13H25N3O4/c1-4-6-7-14-13(20)15-11(17)9-16(5-2)10(3)8-12(18)19/h10H,4-9H2,1-3H3,(H,18,19)(H2,14,15,17,20). The Morgan fingerprint density at radius 2 is 1.90 bits per heavy atom. The number of nitrogens with one attached hydrogen (secondary N) is 2. The van der Waals surface area contributed by atoms with Crippen molar-refractivity contribution >= 4 is 17.9 Å². The van der Waals surface area contributed by atoms with Crippen molar-refractivity contribution in [2.75, 3.05) is 19.6 Å². The lowest BCUT2D eigenvalue weighted by molar-refractivity contribution is -0.138. The van der Waals surface area contributed by atoms with Crippen LogP contribution in [0.1, 0.15) is 40.0 Å². The molecule has 7 nitrogen and oxygen atoms in total. The van der Waals surface area contributed by atoms with E-state index < -0.39 is 17.9 Å². The van der Waals surface area contributed by atoms with Crippen molar-refractivity contribution < 1.29 is 19.5 Å². The van der Waals surface area contributed by atoms with Crippen molar-refractivity contribution in [3.8, 4) is 0 Å². The quantitative estimate of drug-likeness (QED) is 0.545. The molecule has 0 saturated carbocycles. The van der Waals surface area contributed by atoms with Gasteiger partial charge in [0.1, 0.15) is 0 Å². The van der Waals surface area contributed by atoms with Crippen LogP contribution in [0.3, 0.4) is 0 Å². The van der Waals surface area contributed by atoms with Gasteiger partial charge >= 0.3 is 12.0 Å². The van der Waals surface area contributed by atoms with Crippen LogP contribution in [-0.2, 0) is 9.59 Å². The molecule has 116 valence electrons. The predicted octanol–water partition coefficient (Wildman–Crippen LogP) is 0.797. The first kappa shape index (κ1) is 18.4. The molecule has 0 aliphatic rings. The lowest BCUT2D eigenvalue weighted by atomic mass is 10.2. The Bertz CT molecular complexity index is 334. The van der Waals surface area contributed by atoms with E-state index in [1.54, 1.807) is 11.8 Å². The van der Waals surface area contributed by atoms with Crippen LogP contribution in [0.15, 0.2) is 0 Å². The molecule has 1 atom stereocenters. The summed E-state index contributed by atoms with van der Waals surface area (Å²) < 4.78 is 0. The number of likely N-dealkylation sites (N-methyl/N-ethyl adjacent to an activating group) is 1. The largest absolute Gasteiger partial charge is 0.481 e. The van der Waals surface area contributed by atoms with Crippen LogP contribution in [0, 0.1) is 0 Å². The summed E-state index contributed by atoms with van der Waals surface area (Å²) in [6.07, 6.45) is 1.78. The molecule has 0 heterocycles. The van der Waals surface area contributed by atoms with Gasteiger partial charge in [-0.25, -0.2) is 4.79 Å². The van der Waals surface area contributed by atoms with Crippen molar-refractivity contribution in [1.29, 1.82) is 0 Å². The molecule has 0 spiro atoms. The summed E-state index contributed by atoms with van der Waals surface area (Å²) in [5, 5.41) is 13.6. The van der Waals surface area contributed by atoms with Gasteiger partial charge in [0.2, 0.25) is 5.91 Å². The van der Waals surface area contributed by atoms with Gasteiger partial charge in [0.25, 0.3) is 0 Å². The number of carboxylic acid groups (broad SMARTS) is 1. The number of amides is 3. The number of aliphatic carboxylic acids is 1. The van der Waals surface area contributed by atoms with Crippen LogP contribution in [0.25, 0.3) is 0 Å². The summed E-state index contributed by atoms with van der Waals surface area (Å²) >= 11 is 0. The van der Waals surface area contributed by atoms with Crippen LogP contribution < -0.4 is 10.6 Å². The van der Waals surface area contributed by atoms with E-state index in [9.17, 15) is 14.4 Å². The van der Waals surface area contributed by atoms with E-state index in [0.29, 0.717) is 13.1 Å². The normalized spacial score (nSPS) is 12.0. The minimum absolute atomic E-state index is 0.00610. The first-order chi connectivity index (χ1) is 9.40. The average molecular weight is 287 g/mol. The fraction of sp³-hybridized carbons (Fsp3) is 0.769. The zero-order valence-electron chi connectivity index (χ0n) is 12.4. The molecule has 0 aliphatic carbocycles. The molecular weight excluding hydrogens is 262 g/mol. The molecule has 7 heteroatoms. The second kappa shape index (κ2) is 10.2. The SMILES string of the molecule is CCCCNC(=O)NC(=O)CN(CC)C(C)CC(=O)O. The van der Waals surface area contributed by atoms with Crippen LogP contribution in [0.5, 0.6) is 0 Å². The smallest absolute Gasteiger partial charge is 0.321 e. The number of urea groups is 1. The van der Waals surface area contributed by atoms with Crippen molar-refractivity contribution in [3.63, 3.8) is 0 Å². The highest BCUT2D eigenvalue weighted by Gasteiger charge is 2.19. The minimum atomic E-state index is -0.909. The second-order valence-corrected chi connectivity index (χ2v) is 4.67. The topological polar surface area (TPSA) is 98.7 Å². The molecule has 3 amide bonds. The maximum Gasteiger partial charge on any atom is 0.321 e. The van der Waals surface area contributed by atoms with Crippen LogP contribution in [0.2, 0.25) is 0 Å². The van der Waals surface area contributed by atoms with E-state index in [1.807, 2.05) is 13.8 Å². The number of carboxylic acids is 1. The first-order valence-electron chi connectivity index (χ1n) is 6.94. The molecule has 0 aromatic rings. The van der Waals surface area contributed by atoms with E-state index in [4.69, 9.17) is 5.11 Å². The van der Waals surface area contributed by atoms with Gasteiger partial charge in [-0.3, -0.25) is 19.8 Å². The number of carbonyl (C=O) groups excluding carboxylic acids is 2. The number of hydrogen-bond acceptors (Lipinski definition) is 4. The Morgan fingerprint density at radius 3 is 2.40 bits per heavy atom. The van der Waals surface area contributed by atoms with Crippen molar-refractivity contribution in [1.82, 2.24) is 15.5 Å². The highest BCUT2D eigenvalue weighted by Crippen LogP contribution is 2.03. The number of unbranched alkanes of at least 4 members (excludes halogenated alkanes) is 1. The Labute approximate surface area is 119 Å². The fourth-order valence-electron chi connectivity index (χ4n) is 1.73. The van der Waals surface area contributed by atoms with Crippen molar-refractivity contribution in [2.24, 2.45) is 0 Å². The third kappa shape index (κ3) is 8.47. The molecule has 0 bridgehead atoms. The highest BCUT2D eigenvalue weighted by atomic mass is 16.4. The summed E-state index contributed by atoms with van der Waals surface area (Å²) in [6.45, 7) is 6.67. The number of hydrogen-bond donors (Lipinski definition) is 3. The predicted molar refractivity (Wildman–Crippen MR) is 75.4 cm³/mol. The molecule has 1 unspecified atom stereocenters. The maximum atomic E-state index is 11.7. The zero-order valence-corrected chi connectivity index (χ0v) is 12.4. The monoisotopic (exact) mass is 287 g/mol. The molecule has 0 fully saturated rings. The molecule has 0 radical (unpaired) electrons. The van der Waals surface area contributed by atoms with Crippen molar-refractivity contribution in [2.45, 2.75) is 46.1 Å². The van der Waals surface area contributed by atoms with Gasteiger partial charge < -0.3 is 10.4 Å². The van der Waals surface area contributed by atoms with E-state index in [-0.39, 0.29) is 19.0 Å². The van der Waals surface area contributed by atoms with Gasteiger partial charge in [-0.1, -0.05) is 20.3 Å². The Morgan fingerprint density at radius 1 is 1.25 bits per heavy atom. The number of nitrogens with zero attached hydrogens (tertiary/aromatic N) is 1. The zero-order chi connectivity index (χ0) is 15.5. The van der Waals surface area contributed by atoms with Gasteiger partial charge in [-0.05, 0) is 19.9 Å². The highest BCUT2D eigenvalue weighted by molar-refractivity contribution is 5.95. The third-order valence-electron chi connectivity index (χ3n) is 2.92. The summed E-state index contributed by atoms with van der Waals surface area (Å²) in [5.74, 6) is -1.34. The molecule has 3 N–H and O–H groups in total. The average Bonchev–Trinajstić information content (AvgIpc) is 2.35. The third-order valence-corrected chi connectivity index (χ3v) is 2.92. The fourth-order valence-corrected chi connectivity index (χ4v) is 1.73. The molecule has 0 aromatic heterocycles.